The van der Waals surface area contributed by atoms with E-state index in [1.54, 1.807) is 0 Å². The number of hydrogen-bond donors (Lipinski definition) is 1. The predicted octanol–water partition coefficient (Wildman–Crippen LogP) is 1.32. The minimum atomic E-state index is 0.366. The highest BCUT2D eigenvalue weighted by molar-refractivity contribution is 4.73. The molecule has 0 aromatic rings. The smallest absolute Gasteiger partial charge is 0.0808 e. The lowest BCUT2D eigenvalue weighted by Crippen LogP contribution is -2.30. The first-order valence-electron chi connectivity index (χ1n) is 5.88. The Bertz CT molecular complexity index is 151. The highest BCUT2D eigenvalue weighted by Gasteiger charge is 2.17. The van der Waals surface area contributed by atoms with Crippen molar-refractivity contribution in [2.24, 2.45) is 0 Å². The molecule has 0 saturated carbocycles. The van der Waals surface area contributed by atoms with Crippen LogP contribution in [0.25, 0.3) is 0 Å². The maximum Gasteiger partial charge on any atom is 0.0808 e. The molecule has 0 bridgehead atoms. The Hall–Kier alpha value is -0.120. The molecule has 2 aliphatic rings. The second-order valence-corrected chi connectivity index (χ2v) is 4.32. The van der Waals surface area contributed by atoms with Crippen LogP contribution in [-0.2, 0) is 9.47 Å². The van der Waals surface area contributed by atoms with Crippen LogP contribution in [0.2, 0.25) is 0 Å². The third-order valence-corrected chi connectivity index (χ3v) is 3.06. The van der Waals surface area contributed by atoms with Crippen molar-refractivity contribution in [1.29, 1.82) is 0 Å². The number of ether oxygens (including phenoxy) is 2. The van der Waals surface area contributed by atoms with Crippen LogP contribution in [-0.4, -0.2) is 38.5 Å². The first-order chi connectivity index (χ1) is 6.95. The van der Waals surface area contributed by atoms with Gasteiger partial charge in [-0.2, -0.15) is 0 Å². The minimum absolute atomic E-state index is 0.366. The van der Waals surface area contributed by atoms with Gasteiger partial charge in [-0.25, -0.2) is 0 Å². The molecule has 2 atom stereocenters. The summed E-state index contributed by atoms with van der Waals surface area (Å²) >= 11 is 0. The van der Waals surface area contributed by atoms with Gasteiger partial charge in [-0.3, -0.25) is 0 Å². The molecule has 0 radical (unpaired) electrons. The molecule has 0 aromatic heterocycles. The molecule has 1 unspecified atom stereocenters. The molecule has 0 aliphatic carbocycles. The summed E-state index contributed by atoms with van der Waals surface area (Å²) in [6, 6.07) is 0.596. The summed E-state index contributed by atoms with van der Waals surface area (Å²) in [5.74, 6) is 0. The van der Waals surface area contributed by atoms with E-state index in [-0.39, 0.29) is 0 Å². The van der Waals surface area contributed by atoms with Crippen LogP contribution in [0, 0.1) is 0 Å². The monoisotopic (exact) mass is 199 g/mol. The molecule has 0 spiro atoms. The highest BCUT2D eigenvalue weighted by atomic mass is 16.5. The maximum absolute atomic E-state index is 5.67. The van der Waals surface area contributed by atoms with Crippen LogP contribution in [0.3, 0.4) is 0 Å². The van der Waals surface area contributed by atoms with Crippen LogP contribution < -0.4 is 5.32 Å². The van der Waals surface area contributed by atoms with Crippen molar-refractivity contribution >= 4 is 0 Å². The van der Waals surface area contributed by atoms with Crippen molar-refractivity contribution in [2.45, 2.75) is 44.2 Å². The molecule has 2 rings (SSSR count). The van der Waals surface area contributed by atoms with E-state index in [9.17, 15) is 0 Å². The van der Waals surface area contributed by atoms with Gasteiger partial charge < -0.3 is 14.8 Å². The summed E-state index contributed by atoms with van der Waals surface area (Å²) in [4.78, 5) is 0. The Kier molecular flexibility index (Phi) is 4.22. The third-order valence-electron chi connectivity index (χ3n) is 3.06. The SMILES string of the molecule is C1CCC(COC[C@@H]2CCCN2)OC1. The zero-order chi connectivity index (χ0) is 9.64. The molecule has 0 amide bonds. The van der Waals surface area contributed by atoms with E-state index in [1.165, 1.54) is 32.1 Å². The Morgan fingerprint density at radius 2 is 2.14 bits per heavy atom. The van der Waals surface area contributed by atoms with Gasteiger partial charge in [-0.15, -0.1) is 0 Å². The second kappa shape index (κ2) is 5.69. The molecule has 14 heavy (non-hydrogen) atoms. The van der Waals surface area contributed by atoms with Gasteiger partial charge in [0.05, 0.1) is 19.3 Å². The Labute approximate surface area is 86.2 Å². The summed E-state index contributed by atoms with van der Waals surface area (Å²) in [6.07, 6.45) is 6.64. The summed E-state index contributed by atoms with van der Waals surface area (Å²) in [5.41, 5.74) is 0. The van der Waals surface area contributed by atoms with Gasteiger partial charge in [0.1, 0.15) is 0 Å². The number of hydrogen-bond acceptors (Lipinski definition) is 3. The van der Waals surface area contributed by atoms with Crippen molar-refractivity contribution in [2.75, 3.05) is 26.4 Å². The standard InChI is InChI=1S/C11H21NO2/c1-2-7-14-11(5-1)9-13-8-10-4-3-6-12-10/h10-12H,1-9H2/t10-,11?/m0/s1. The van der Waals surface area contributed by atoms with Gasteiger partial charge in [-0.1, -0.05) is 0 Å². The Morgan fingerprint density at radius 1 is 1.14 bits per heavy atom. The molecule has 2 saturated heterocycles. The quantitative estimate of drug-likeness (QED) is 0.741. The normalized spacial score (nSPS) is 33.4. The Balaban J connectivity index is 1.52. The molecule has 82 valence electrons. The molecular formula is C11H21NO2. The van der Waals surface area contributed by atoms with Gasteiger partial charge in [0.2, 0.25) is 0 Å². The van der Waals surface area contributed by atoms with Gasteiger partial charge >= 0.3 is 0 Å². The van der Waals surface area contributed by atoms with E-state index in [4.69, 9.17) is 9.47 Å². The molecule has 2 heterocycles. The van der Waals surface area contributed by atoms with Gasteiger partial charge in [0, 0.05) is 12.6 Å². The van der Waals surface area contributed by atoms with Crippen molar-refractivity contribution < 1.29 is 9.47 Å². The van der Waals surface area contributed by atoms with Crippen molar-refractivity contribution in [3.05, 3.63) is 0 Å². The van der Waals surface area contributed by atoms with E-state index in [0.29, 0.717) is 12.1 Å². The second-order valence-electron chi connectivity index (χ2n) is 4.32. The lowest BCUT2D eigenvalue weighted by Gasteiger charge is -2.23. The van der Waals surface area contributed by atoms with Crippen molar-refractivity contribution in [3.8, 4) is 0 Å². The van der Waals surface area contributed by atoms with Crippen LogP contribution >= 0.6 is 0 Å². The number of nitrogens with one attached hydrogen (secondary N) is 1. The van der Waals surface area contributed by atoms with Gasteiger partial charge in [0.15, 0.2) is 0 Å². The van der Waals surface area contributed by atoms with Crippen LogP contribution in [0.15, 0.2) is 0 Å². The molecule has 2 aliphatic heterocycles. The van der Waals surface area contributed by atoms with Crippen LogP contribution in [0.5, 0.6) is 0 Å². The summed E-state index contributed by atoms with van der Waals surface area (Å²) in [5, 5.41) is 3.43. The van der Waals surface area contributed by atoms with E-state index < -0.39 is 0 Å². The van der Waals surface area contributed by atoms with E-state index in [2.05, 4.69) is 5.32 Å². The summed E-state index contributed by atoms with van der Waals surface area (Å²) in [6.45, 7) is 3.74. The average molecular weight is 199 g/mol. The first-order valence-corrected chi connectivity index (χ1v) is 5.88. The average Bonchev–Trinajstić information content (AvgIpc) is 2.72. The van der Waals surface area contributed by atoms with E-state index in [0.717, 1.165) is 26.4 Å². The van der Waals surface area contributed by atoms with Gasteiger partial charge in [-0.05, 0) is 38.6 Å². The van der Waals surface area contributed by atoms with E-state index >= 15 is 0 Å². The zero-order valence-corrected chi connectivity index (χ0v) is 8.84. The molecular weight excluding hydrogens is 178 g/mol. The van der Waals surface area contributed by atoms with E-state index in [1.807, 2.05) is 0 Å². The summed E-state index contributed by atoms with van der Waals surface area (Å²) < 4.78 is 11.3. The number of rotatable bonds is 4. The predicted molar refractivity (Wildman–Crippen MR) is 55.4 cm³/mol. The fraction of sp³-hybridized carbons (Fsp3) is 1.00. The molecule has 3 nitrogen and oxygen atoms in total. The fourth-order valence-electron chi connectivity index (χ4n) is 2.18. The topological polar surface area (TPSA) is 30.5 Å². The lowest BCUT2D eigenvalue weighted by molar-refractivity contribution is -0.0433. The Morgan fingerprint density at radius 3 is 2.86 bits per heavy atom. The molecule has 0 aromatic carbocycles. The molecule has 1 N–H and O–H groups in total. The van der Waals surface area contributed by atoms with Crippen molar-refractivity contribution in [3.63, 3.8) is 0 Å². The maximum atomic E-state index is 5.67. The van der Waals surface area contributed by atoms with Crippen LogP contribution in [0.1, 0.15) is 32.1 Å². The minimum Gasteiger partial charge on any atom is -0.377 e. The van der Waals surface area contributed by atoms with Gasteiger partial charge in [0.25, 0.3) is 0 Å². The largest absolute Gasteiger partial charge is 0.377 e. The third kappa shape index (κ3) is 3.23. The fourth-order valence-corrected chi connectivity index (χ4v) is 2.18. The lowest BCUT2D eigenvalue weighted by atomic mass is 10.1. The molecule has 2 fully saturated rings. The van der Waals surface area contributed by atoms with Crippen LogP contribution in [0.4, 0.5) is 0 Å². The van der Waals surface area contributed by atoms with Crippen molar-refractivity contribution in [1.82, 2.24) is 5.32 Å². The summed E-state index contributed by atoms with van der Waals surface area (Å²) in [7, 11) is 0. The molecule has 3 heteroatoms. The zero-order valence-electron chi connectivity index (χ0n) is 8.84. The first kappa shape index (κ1) is 10.4. The highest BCUT2D eigenvalue weighted by Crippen LogP contribution is 2.13.